The van der Waals surface area contributed by atoms with E-state index in [4.69, 9.17) is 5.73 Å². The Labute approximate surface area is 170 Å². The molecule has 1 aliphatic carbocycles. The van der Waals surface area contributed by atoms with Gasteiger partial charge in [0.2, 0.25) is 0 Å². The van der Waals surface area contributed by atoms with Crippen molar-refractivity contribution < 1.29 is 4.79 Å². The minimum atomic E-state index is -0.651. The monoisotopic (exact) mass is 381 g/mol. The van der Waals surface area contributed by atoms with Gasteiger partial charge in [0.25, 0.3) is 0 Å². The van der Waals surface area contributed by atoms with Gasteiger partial charge in [-0.05, 0) is 52.7 Å². The highest BCUT2D eigenvalue weighted by atomic mass is 16.2. The number of benzene rings is 3. The molecule has 3 N–H and O–H groups in total. The van der Waals surface area contributed by atoms with Crippen LogP contribution in [-0.2, 0) is 0 Å². The molecule has 0 fully saturated rings. The van der Waals surface area contributed by atoms with Crippen molar-refractivity contribution in [3.05, 3.63) is 102 Å². The quantitative estimate of drug-likeness (QED) is 0.589. The van der Waals surface area contributed by atoms with Crippen molar-refractivity contribution in [1.82, 2.24) is 5.43 Å². The van der Waals surface area contributed by atoms with Crippen LogP contribution >= 0.6 is 0 Å². The number of allylic oxidation sites excluding steroid dienone is 2. The first kappa shape index (κ1) is 18.7. The summed E-state index contributed by atoms with van der Waals surface area (Å²) in [6.07, 6.45) is 3.74. The second-order valence-electron chi connectivity index (χ2n) is 7.21. The Balaban J connectivity index is 1.64. The van der Waals surface area contributed by atoms with E-state index < -0.39 is 6.03 Å². The standard InChI is InChI=1S/C25H23N3O/c26-25(29)28-27-24-16-22(19-9-5-2-6-10-19)15-23(17-24)21-13-11-20(12-14-21)18-7-3-1-4-8-18/h1-14,17,22H,15-16H2,(H3,26,28,29)/b27-24+. The third-order valence-electron chi connectivity index (χ3n) is 5.21. The summed E-state index contributed by atoms with van der Waals surface area (Å²) in [6.45, 7) is 0. The maximum atomic E-state index is 11.1. The number of urea groups is 1. The summed E-state index contributed by atoms with van der Waals surface area (Å²) in [4.78, 5) is 11.1. The van der Waals surface area contributed by atoms with E-state index in [1.807, 2.05) is 24.3 Å². The first-order valence-corrected chi connectivity index (χ1v) is 9.72. The van der Waals surface area contributed by atoms with Crippen LogP contribution in [-0.4, -0.2) is 11.7 Å². The Bertz CT molecular complexity index is 1040. The molecule has 2 amide bonds. The van der Waals surface area contributed by atoms with E-state index in [1.165, 1.54) is 22.3 Å². The van der Waals surface area contributed by atoms with Crippen molar-refractivity contribution >= 4 is 17.3 Å². The number of amides is 2. The van der Waals surface area contributed by atoms with Crippen molar-refractivity contribution in [2.75, 3.05) is 0 Å². The van der Waals surface area contributed by atoms with Crippen molar-refractivity contribution in [2.45, 2.75) is 18.8 Å². The fraction of sp³-hybridized carbons (Fsp3) is 0.120. The molecule has 0 saturated heterocycles. The lowest BCUT2D eigenvalue weighted by Crippen LogP contribution is -2.26. The zero-order valence-electron chi connectivity index (χ0n) is 16.1. The van der Waals surface area contributed by atoms with Crippen molar-refractivity contribution in [2.24, 2.45) is 10.8 Å². The van der Waals surface area contributed by atoms with Crippen LogP contribution in [0.25, 0.3) is 16.7 Å². The maximum Gasteiger partial charge on any atom is 0.332 e. The number of carbonyl (C=O) groups excluding carboxylic acids is 1. The van der Waals surface area contributed by atoms with Crippen LogP contribution in [0.4, 0.5) is 4.79 Å². The number of hydrazone groups is 1. The SMILES string of the molecule is NC(=O)N/N=C1/C=C(c2ccc(-c3ccccc3)cc2)CC(c2ccccc2)C1. The summed E-state index contributed by atoms with van der Waals surface area (Å²) in [5.74, 6) is 0.304. The summed E-state index contributed by atoms with van der Waals surface area (Å²) in [5.41, 5.74) is 14.4. The van der Waals surface area contributed by atoms with E-state index in [2.05, 4.69) is 77.3 Å². The maximum absolute atomic E-state index is 11.1. The van der Waals surface area contributed by atoms with Gasteiger partial charge in [0.1, 0.15) is 0 Å². The zero-order valence-corrected chi connectivity index (χ0v) is 16.1. The smallest absolute Gasteiger partial charge is 0.332 e. The van der Waals surface area contributed by atoms with E-state index in [1.54, 1.807) is 0 Å². The molecule has 4 heteroatoms. The highest BCUT2D eigenvalue weighted by molar-refractivity contribution is 6.03. The normalized spacial score (nSPS) is 17.6. The molecule has 3 aromatic carbocycles. The number of nitrogens with one attached hydrogen (secondary N) is 1. The molecule has 144 valence electrons. The number of hydrogen-bond donors (Lipinski definition) is 2. The summed E-state index contributed by atoms with van der Waals surface area (Å²) < 4.78 is 0. The third kappa shape index (κ3) is 4.61. The minimum Gasteiger partial charge on any atom is -0.350 e. The van der Waals surface area contributed by atoms with E-state index in [-0.39, 0.29) is 0 Å². The zero-order chi connectivity index (χ0) is 20.1. The first-order valence-electron chi connectivity index (χ1n) is 9.72. The summed E-state index contributed by atoms with van der Waals surface area (Å²) in [5, 5.41) is 4.22. The summed E-state index contributed by atoms with van der Waals surface area (Å²) in [6, 6.07) is 28.7. The van der Waals surface area contributed by atoms with Crippen LogP contribution in [0.15, 0.2) is 96.1 Å². The number of nitrogens with two attached hydrogens (primary N) is 1. The lowest BCUT2D eigenvalue weighted by Gasteiger charge is -2.24. The van der Waals surface area contributed by atoms with Crippen molar-refractivity contribution in [3.8, 4) is 11.1 Å². The van der Waals surface area contributed by atoms with Crippen molar-refractivity contribution in [1.29, 1.82) is 0 Å². The van der Waals surface area contributed by atoms with Gasteiger partial charge in [0.05, 0.1) is 5.71 Å². The number of carbonyl (C=O) groups is 1. The minimum absolute atomic E-state index is 0.304. The molecule has 0 aliphatic heterocycles. The topological polar surface area (TPSA) is 67.5 Å². The van der Waals surface area contributed by atoms with E-state index in [0.29, 0.717) is 5.92 Å². The molecule has 0 saturated carbocycles. The van der Waals surface area contributed by atoms with E-state index in [9.17, 15) is 4.79 Å². The lowest BCUT2D eigenvalue weighted by atomic mass is 9.80. The molecule has 4 rings (SSSR count). The van der Waals surface area contributed by atoms with Crippen LogP contribution in [0, 0.1) is 0 Å². The predicted molar refractivity (Wildman–Crippen MR) is 118 cm³/mol. The molecule has 0 spiro atoms. The summed E-state index contributed by atoms with van der Waals surface area (Å²) in [7, 11) is 0. The third-order valence-corrected chi connectivity index (χ3v) is 5.21. The van der Waals surface area contributed by atoms with Crippen LogP contribution in [0.2, 0.25) is 0 Å². The van der Waals surface area contributed by atoms with Gasteiger partial charge in [-0.2, -0.15) is 5.10 Å². The molecular weight excluding hydrogens is 358 g/mol. The highest BCUT2D eigenvalue weighted by Gasteiger charge is 2.22. The highest BCUT2D eigenvalue weighted by Crippen LogP contribution is 2.36. The van der Waals surface area contributed by atoms with Crippen molar-refractivity contribution in [3.63, 3.8) is 0 Å². The van der Waals surface area contributed by atoms with Gasteiger partial charge >= 0.3 is 6.03 Å². The molecule has 0 bridgehead atoms. The van der Waals surface area contributed by atoms with Gasteiger partial charge in [0.15, 0.2) is 0 Å². The van der Waals surface area contributed by atoms with Gasteiger partial charge in [0, 0.05) is 0 Å². The van der Waals surface area contributed by atoms with Gasteiger partial charge < -0.3 is 5.73 Å². The Morgan fingerprint density at radius 1 is 0.793 bits per heavy atom. The molecule has 1 unspecified atom stereocenters. The van der Waals surface area contributed by atoms with Gasteiger partial charge in [-0.25, -0.2) is 10.2 Å². The molecular formula is C25H23N3O. The second kappa shape index (κ2) is 8.57. The van der Waals surface area contributed by atoms with Crippen LogP contribution < -0.4 is 11.2 Å². The van der Waals surface area contributed by atoms with Crippen LogP contribution in [0.5, 0.6) is 0 Å². The van der Waals surface area contributed by atoms with Gasteiger partial charge in [-0.1, -0.05) is 84.9 Å². The largest absolute Gasteiger partial charge is 0.350 e. The molecule has 0 radical (unpaired) electrons. The molecule has 29 heavy (non-hydrogen) atoms. The average Bonchev–Trinajstić information content (AvgIpc) is 2.79. The number of nitrogens with zero attached hydrogens (tertiary/aromatic N) is 1. The number of hydrogen-bond acceptors (Lipinski definition) is 2. The Morgan fingerprint density at radius 2 is 1.38 bits per heavy atom. The Morgan fingerprint density at radius 3 is 2.03 bits per heavy atom. The Kier molecular flexibility index (Phi) is 5.52. The number of primary amides is 1. The first-order chi connectivity index (χ1) is 14.2. The van der Waals surface area contributed by atoms with Crippen LogP contribution in [0.3, 0.4) is 0 Å². The molecule has 0 heterocycles. The van der Waals surface area contributed by atoms with Gasteiger partial charge in [-0.15, -0.1) is 0 Å². The molecule has 1 atom stereocenters. The second-order valence-corrected chi connectivity index (χ2v) is 7.21. The van der Waals surface area contributed by atoms with Crippen LogP contribution in [0.1, 0.15) is 29.9 Å². The predicted octanol–water partition coefficient (Wildman–Crippen LogP) is 5.34. The average molecular weight is 381 g/mol. The summed E-state index contributed by atoms with van der Waals surface area (Å²) >= 11 is 0. The fourth-order valence-corrected chi connectivity index (χ4v) is 3.78. The van der Waals surface area contributed by atoms with E-state index in [0.717, 1.165) is 24.1 Å². The molecule has 0 aromatic heterocycles. The molecule has 4 nitrogen and oxygen atoms in total. The molecule has 1 aliphatic rings. The molecule has 3 aromatic rings. The lowest BCUT2D eigenvalue weighted by molar-refractivity contribution is 0.249. The van der Waals surface area contributed by atoms with E-state index >= 15 is 0 Å². The van der Waals surface area contributed by atoms with Gasteiger partial charge in [-0.3, -0.25) is 0 Å². The number of rotatable bonds is 4. The fourth-order valence-electron chi connectivity index (χ4n) is 3.78. The Hall–Kier alpha value is -3.66.